The summed E-state index contributed by atoms with van der Waals surface area (Å²) in [5.41, 5.74) is 0.580. The van der Waals surface area contributed by atoms with E-state index in [1.165, 1.54) is 6.20 Å². The topological polar surface area (TPSA) is 42.0 Å². The van der Waals surface area contributed by atoms with E-state index in [1.807, 2.05) is 0 Å². The first-order valence-corrected chi connectivity index (χ1v) is 3.73. The Kier molecular flexibility index (Phi) is 2.61. The van der Waals surface area contributed by atoms with Gasteiger partial charge in [-0.15, -0.1) is 0 Å². The van der Waals surface area contributed by atoms with Crippen LogP contribution in [0.25, 0.3) is 0 Å². The molecule has 1 rings (SSSR count). The summed E-state index contributed by atoms with van der Waals surface area (Å²) in [4.78, 5) is 14.6. The van der Waals surface area contributed by atoms with Gasteiger partial charge in [0.05, 0.1) is 28.4 Å². The van der Waals surface area contributed by atoms with Gasteiger partial charge in [0.25, 0.3) is 5.91 Å². The van der Waals surface area contributed by atoms with Crippen LogP contribution in [0.1, 0.15) is 10.4 Å². The number of halogens is 1. The van der Waals surface area contributed by atoms with Crippen LogP contribution in [0.2, 0.25) is 0 Å². The van der Waals surface area contributed by atoms with Crippen molar-refractivity contribution >= 4 is 28.8 Å². The van der Waals surface area contributed by atoms with Crippen LogP contribution in [0.4, 0.5) is 0 Å². The van der Waals surface area contributed by atoms with E-state index >= 15 is 0 Å². The molecule has 0 saturated heterocycles. The van der Waals surface area contributed by atoms with Crippen molar-refractivity contribution in [1.29, 1.82) is 0 Å². The molecule has 0 aliphatic heterocycles. The third-order valence-corrected chi connectivity index (χ3v) is 1.50. The van der Waals surface area contributed by atoms with Crippen molar-refractivity contribution in [3.63, 3.8) is 0 Å². The summed E-state index contributed by atoms with van der Waals surface area (Å²) in [5.74, 6) is -0.117. The van der Waals surface area contributed by atoms with Crippen LogP contribution in [-0.4, -0.2) is 10.9 Å². The Labute approximate surface area is 72.3 Å². The molecule has 1 heterocycles. The van der Waals surface area contributed by atoms with E-state index in [-0.39, 0.29) is 5.91 Å². The summed E-state index contributed by atoms with van der Waals surface area (Å²) in [5, 5.41) is 0. The molecule has 0 spiro atoms. The minimum Gasteiger partial charge on any atom is -0.295 e. The van der Waals surface area contributed by atoms with Crippen LogP contribution in [0.5, 0.6) is 0 Å². The smallest absolute Gasteiger partial charge is 0.261 e. The fraction of sp³-hybridized carbons (Fsp3) is 0. The molecule has 1 aromatic rings. The molecule has 52 valence electrons. The van der Waals surface area contributed by atoms with E-state index < -0.39 is 0 Å². The van der Waals surface area contributed by atoms with Crippen LogP contribution in [0.3, 0.4) is 0 Å². The van der Waals surface area contributed by atoms with E-state index in [4.69, 9.17) is 0 Å². The predicted octanol–water partition coefficient (Wildman–Crippen LogP) is 1.16. The Hall–Kier alpha value is -0.650. The lowest BCUT2D eigenvalue weighted by atomic mass is 10.3. The molecule has 3 nitrogen and oxygen atoms in total. The maximum Gasteiger partial charge on any atom is 0.261 e. The summed E-state index contributed by atoms with van der Waals surface area (Å²) >= 11 is 1.79. The first kappa shape index (κ1) is 7.46. The van der Waals surface area contributed by atoms with Gasteiger partial charge in [-0.05, 0) is 12.1 Å². The zero-order chi connectivity index (χ0) is 7.40. The maximum absolute atomic E-state index is 10.9. The molecule has 0 aliphatic rings. The standard InChI is InChI=1S/C6H5IN2O/c7-9-6(10)5-2-1-3-8-4-5/h1-4H,(H,9,10). The lowest BCUT2D eigenvalue weighted by molar-refractivity contribution is 0.0989. The van der Waals surface area contributed by atoms with E-state index in [0.29, 0.717) is 5.56 Å². The second-order valence-corrected chi connectivity index (χ2v) is 2.20. The number of pyridine rings is 1. The largest absolute Gasteiger partial charge is 0.295 e. The molecule has 0 radical (unpaired) electrons. The minimum atomic E-state index is -0.117. The van der Waals surface area contributed by atoms with Gasteiger partial charge in [0.1, 0.15) is 0 Å². The highest BCUT2D eigenvalue weighted by molar-refractivity contribution is 14.1. The number of aromatic nitrogens is 1. The van der Waals surface area contributed by atoms with Crippen molar-refractivity contribution < 1.29 is 4.79 Å². The van der Waals surface area contributed by atoms with Gasteiger partial charge in [-0.1, -0.05) is 0 Å². The minimum absolute atomic E-state index is 0.117. The van der Waals surface area contributed by atoms with Crippen molar-refractivity contribution in [2.24, 2.45) is 0 Å². The molecule has 0 aliphatic carbocycles. The number of rotatable bonds is 1. The lowest BCUT2D eigenvalue weighted by Crippen LogP contribution is -2.11. The first-order chi connectivity index (χ1) is 4.84. The quantitative estimate of drug-likeness (QED) is 0.598. The van der Waals surface area contributed by atoms with Gasteiger partial charge in [0, 0.05) is 12.4 Å². The molecular formula is C6H5IN2O. The summed E-state index contributed by atoms with van der Waals surface area (Å²) < 4.78 is 2.47. The molecule has 10 heavy (non-hydrogen) atoms. The maximum atomic E-state index is 10.9. The van der Waals surface area contributed by atoms with Crippen LogP contribution >= 0.6 is 22.9 Å². The van der Waals surface area contributed by atoms with Gasteiger partial charge in [-0.2, -0.15) is 0 Å². The first-order valence-electron chi connectivity index (χ1n) is 2.65. The summed E-state index contributed by atoms with van der Waals surface area (Å²) in [6.07, 6.45) is 3.15. The normalized spacial score (nSPS) is 8.90. The van der Waals surface area contributed by atoms with Gasteiger partial charge in [0.15, 0.2) is 0 Å². The molecule has 0 bridgehead atoms. The average molecular weight is 248 g/mol. The van der Waals surface area contributed by atoms with Crippen molar-refractivity contribution in [2.45, 2.75) is 0 Å². The Morgan fingerprint density at radius 2 is 2.50 bits per heavy atom. The van der Waals surface area contributed by atoms with Gasteiger partial charge in [-0.3, -0.25) is 13.3 Å². The monoisotopic (exact) mass is 248 g/mol. The molecule has 4 heteroatoms. The van der Waals surface area contributed by atoms with Crippen LogP contribution < -0.4 is 3.53 Å². The molecule has 0 atom stereocenters. The molecule has 1 aromatic heterocycles. The Balaban J connectivity index is 2.85. The summed E-state index contributed by atoms with van der Waals surface area (Å²) in [6, 6.07) is 3.43. The van der Waals surface area contributed by atoms with Gasteiger partial charge in [-0.25, -0.2) is 0 Å². The molecule has 0 aromatic carbocycles. The third kappa shape index (κ3) is 1.66. The average Bonchev–Trinajstić information content (AvgIpc) is 2.05. The van der Waals surface area contributed by atoms with Crippen LogP contribution in [0, 0.1) is 0 Å². The Morgan fingerprint density at radius 3 is 3.00 bits per heavy atom. The van der Waals surface area contributed by atoms with Crippen molar-refractivity contribution in [3.05, 3.63) is 30.1 Å². The van der Waals surface area contributed by atoms with Crippen LogP contribution in [0.15, 0.2) is 24.5 Å². The Bertz CT molecular complexity index is 224. The van der Waals surface area contributed by atoms with E-state index in [9.17, 15) is 4.79 Å². The molecule has 1 N–H and O–H groups in total. The number of carbonyl (C=O) groups is 1. The summed E-state index contributed by atoms with van der Waals surface area (Å²) in [6.45, 7) is 0. The predicted molar refractivity (Wildman–Crippen MR) is 45.7 cm³/mol. The van der Waals surface area contributed by atoms with E-state index in [0.717, 1.165) is 0 Å². The zero-order valence-corrected chi connectivity index (χ0v) is 7.20. The van der Waals surface area contributed by atoms with E-state index in [2.05, 4.69) is 8.51 Å². The van der Waals surface area contributed by atoms with Gasteiger partial charge < -0.3 is 0 Å². The number of hydrogen-bond donors (Lipinski definition) is 1. The van der Waals surface area contributed by atoms with E-state index in [1.54, 1.807) is 41.2 Å². The van der Waals surface area contributed by atoms with Crippen molar-refractivity contribution in [3.8, 4) is 0 Å². The molecule has 0 saturated carbocycles. The molecule has 1 amide bonds. The van der Waals surface area contributed by atoms with Crippen molar-refractivity contribution in [2.75, 3.05) is 0 Å². The van der Waals surface area contributed by atoms with Gasteiger partial charge >= 0.3 is 0 Å². The molecular weight excluding hydrogens is 243 g/mol. The second kappa shape index (κ2) is 3.50. The Morgan fingerprint density at radius 1 is 1.70 bits per heavy atom. The highest BCUT2D eigenvalue weighted by Crippen LogP contribution is 1.95. The molecule has 0 fully saturated rings. The fourth-order valence-electron chi connectivity index (χ4n) is 0.552. The number of carbonyl (C=O) groups excluding carboxylic acids is 1. The highest BCUT2D eigenvalue weighted by atomic mass is 127. The number of hydrogen-bond acceptors (Lipinski definition) is 2. The SMILES string of the molecule is O=C(NI)c1cccnc1. The van der Waals surface area contributed by atoms with Gasteiger partial charge in [0.2, 0.25) is 0 Å². The fourth-order valence-corrected chi connectivity index (χ4v) is 0.863. The van der Waals surface area contributed by atoms with Crippen molar-refractivity contribution in [1.82, 2.24) is 8.51 Å². The highest BCUT2D eigenvalue weighted by Gasteiger charge is 1.99. The third-order valence-electron chi connectivity index (χ3n) is 1.01. The number of nitrogens with zero attached hydrogens (tertiary/aromatic N) is 1. The van der Waals surface area contributed by atoms with Crippen LogP contribution in [-0.2, 0) is 0 Å². The zero-order valence-electron chi connectivity index (χ0n) is 5.04. The second-order valence-electron chi connectivity index (χ2n) is 1.67. The molecule has 0 unspecified atom stereocenters. The number of amides is 1. The summed E-state index contributed by atoms with van der Waals surface area (Å²) in [7, 11) is 0. The lowest BCUT2D eigenvalue weighted by Gasteiger charge is -1.93. The number of nitrogens with one attached hydrogen (secondary N) is 1.